The van der Waals surface area contributed by atoms with Crippen LogP contribution in [0.25, 0.3) is 0 Å². The molecule has 0 saturated carbocycles. The summed E-state index contributed by atoms with van der Waals surface area (Å²) in [5.41, 5.74) is 5.80. The molecule has 0 atom stereocenters. The van der Waals surface area contributed by atoms with Gasteiger partial charge in [-0.25, -0.2) is 9.98 Å². The van der Waals surface area contributed by atoms with Gasteiger partial charge in [0.25, 0.3) is 0 Å². The number of nitrogens with zero attached hydrogens (tertiary/aromatic N) is 7. The monoisotopic (exact) mass is 615 g/mol. The van der Waals surface area contributed by atoms with Gasteiger partial charge in [-0.3, -0.25) is 0 Å². The fraction of sp³-hybridized carbons (Fsp3) is 0.128. The summed E-state index contributed by atoms with van der Waals surface area (Å²) in [6.45, 7) is 1.60. The lowest BCUT2D eigenvalue weighted by Crippen LogP contribution is -2.38. The fourth-order valence-corrected chi connectivity index (χ4v) is 5.56. The molecule has 0 bridgehead atoms. The second kappa shape index (κ2) is 14.4. The van der Waals surface area contributed by atoms with Crippen molar-refractivity contribution in [1.82, 2.24) is 20.4 Å². The van der Waals surface area contributed by atoms with E-state index in [0.29, 0.717) is 17.5 Å². The quantitative estimate of drug-likeness (QED) is 0.155. The van der Waals surface area contributed by atoms with Gasteiger partial charge in [-0.1, -0.05) is 121 Å². The zero-order valence-electron chi connectivity index (χ0n) is 25.8. The molecule has 1 fully saturated rings. The molecule has 3 heterocycles. The molecule has 0 radical (unpaired) electrons. The highest BCUT2D eigenvalue weighted by atomic mass is 16.5. The Bertz CT molecular complexity index is 1840. The van der Waals surface area contributed by atoms with Gasteiger partial charge in [-0.2, -0.15) is 0 Å². The molecular weight excluding hydrogens is 582 g/mol. The first-order chi connectivity index (χ1) is 23.3. The molecule has 8 heteroatoms. The first-order valence-electron chi connectivity index (χ1n) is 15.8. The Morgan fingerprint density at radius 1 is 0.489 bits per heavy atom. The number of piperidine rings is 1. The van der Waals surface area contributed by atoms with Gasteiger partial charge >= 0.3 is 0 Å². The molecule has 2 aromatic heterocycles. The summed E-state index contributed by atoms with van der Waals surface area (Å²) in [4.78, 5) is 12.0. The lowest BCUT2D eigenvalue weighted by atomic mass is 10.0. The van der Waals surface area contributed by atoms with Crippen LogP contribution in [0, 0.1) is 0 Å². The highest BCUT2D eigenvalue weighted by Gasteiger charge is 2.22. The number of anilines is 1. The van der Waals surface area contributed by atoms with Crippen LogP contribution in [0.4, 0.5) is 17.5 Å². The number of hydrogen-bond acceptors (Lipinski definition) is 8. The smallest absolute Gasteiger partial charge is 0.233 e. The minimum atomic E-state index is 0.0373. The third-order valence-corrected chi connectivity index (χ3v) is 7.96. The third kappa shape index (κ3) is 7.45. The molecule has 1 aliphatic heterocycles. The maximum atomic E-state index is 6.21. The topological polar surface area (TPSA) is 88.8 Å². The summed E-state index contributed by atoms with van der Waals surface area (Å²) in [6, 6.07) is 48.1. The van der Waals surface area contributed by atoms with Crippen LogP contribution < -0.4 is 9.64 Å². The standard InChI is InChI=1S/C39H33N7O/c1-5-13-29(14-6-1)38(30-15-7-2-8-16-30)40-34-21-23-36(44-42-34)46-27-25-33(26-28-46)47-37-24-22-35(43-45-37)41-39(31-17-9-3-10-18-31)32-19-11-4-12-20-32/h1-24,33H,25-28H2. The van der Waals surface area contributed by atoms with Crippen molar-refractivity contribution in [3.05, 3.63) is 168 Å². The summed E-state index contributed by atoms with van der Waals surface area (Å²) in [5.74, 6) is 2.43. The maximum Gasteiger partial charge on any atom is 0.233 e. The van der Waals surface area contributed by atoms with Crippen molar-refractivity contribution in [3.63, 3.8) is 0 Å². The van der Waals surface area contributed by atoms with Gasteiger partial charge < -0.3 is 9.64 Å². The van der Waals surface area contributed by atoms with Crippen LogP contribution in [0.1, 0.15) is 35.1 Å². The minimum absolute atomic E-state index is 0.0373. The summed E-state index contributed by atoms with van der Waals surface area (Å²) in [7, 11) is 0. The lowest BCUT2D eigenvalue weighted by molar-refractivity contribution is 0.162. The molecule has 0 aliphatic carbocycles. The SMILES string of the molecule is c1ccc(C(=Nc2ccc(OC3CCN(c4ccc(N=C(c5ccccc5)c5ccccc5)nn4)CC3)nn2)c2ccccc2)cc1. The van der Waals surface area contributed by atoms with Crippen LogP contribution >= 0.6 is 0 Å². The number of hydrogen-bond donors (Lipinski definition) is 0. The van der Waals surface area contributed by atoms with Crippen molar-refractivity contribution >= 4 is 28.9 Å². The van der Waals surface area contributed by atoms with Crippen LogP contribution in [-0.2, 0) is 0 Å². The van der Waals surface area contributed by atoms with Crippen molar-refractivity contribution < 1.29 is 4.74 Å². The van der Waals surface area contributed by atoms with Crippen molar-refractivity contribution in [2.75, 3.05) is 18.0 Å². The first-order valence-corrected chi connectivity index (χ1v) is 15.8. The average molecular weight is 616 g/mol. The van der Waals surface area contributed by atoms with Crippen molar-refractivity contribution in [3.8, 4) is 5.88 Å². The largest absolute Gasteiger partial charge is 0.473 e. The van der Waals surface area contributed by atoms with Crippen LogP contribution in [0.5, 0.6) is 5.88 Å². The number of aromatic nitrogens is 4. The van der Waals surface area contributed by atoms with Crippen molar-refractivity contribution in [2.24, 2.45) is 9.98 Å². The molecule has 6 aromatic rings. The van der Waals surface area contributed by atoms with Gasteiger partial charge in [0.2, 0.25) is 5.88 Å². The highest BCUT2D eigenvalue weighted by Crippen LogP contribution is 2.24. The van der Waals surface area contributed by atoms with Crippen LogP contribution in [0.3, 0.4) is 0 Å². The molecule has 8 nitrogen and oxygen atoms in total. The van der Waals surface area contributed by atoms with E-state index in [2.05, 4.69) is 49.6 Å². The van der Waals surface area contributed by atoms with Gasteiger partial charge in [-0.15, -0.1) is 20.4 Å². The van der Waals surface area contributed by atoms with Gasteiger partial charge in [-0.05, 0) is 18.2 Å². The van der Waals surface area contributed by atoms with Crippen LogP contribution in [0.2, 0.25) is 0 Å². The van der Waals surface area contributed by atoms with E-state index in [0.717, 1.165) is 65.4 Å². The van der Waals surface area contributed by atoms with E-state index in [1.807, 2.05) is 121 Å². The van der Waals surface area contributed by atoms with E-state index in [-0.39, 0.29) is 6.10 Å². The molecule has 1 aliphatic rings. The lowest BCUT2D eigenvalue weighted by Gasteiger charge is -2.32. The van der Waals surface area contributed by atoms with Crippen LogP contribution in [0.15, 0.2) is 156 Å². The van der Waals surface area contributed by atoms with E-state index in [9.17, 15) is 0 Å². The van der Waals surface area contributed by atoms with Crippen LogP contribution in [-0.4, -0.2) is 51.0 Å². The van der Waals surface area contributed by atoms with E-state index in [1.165, 1.54) is 0 Å². The van der Waals surface area contributed by atoms with E-state index in [4.69, 9.17) is 14.7 Å². The van der Waals surface area contributed by atoms with Crippen molar-refractivity contribution in [1.29, 1.82) is 0 Å². The number of benzene rings is 4. The Labute approximate surface area is 274 Å². The van der Waals surface area contributed by atoms with Gasteiger partial charge in [0.05, 0.1) is 11.4 Å². The van der Waals surface area contributed by atoms with E-state index < -0.39 is 0 Å². The molecule has 7 rings (SSSR count). The molecule has 0 spiro atoms. The van der Waals surface area contributed by atoms with E-state index >= 15 is 0 Å². The Morgan fingerprint density at radius 2 is 0.915 bits per heavy atom. The number of aliphatic imine (C=N–C) groups is 2. The van der Waals surface area contributed by atoms with E-state index in [1.54, 1.807) is 0 Å². The summed E-state index contributed by atoms with van der Waals surface area (Å²) in [6.07, 6.45) is 1.71. The molecule has 0 amide bonds. The molecular formula is C39H33N7O. The normalized spacial score (nSPS) is 13.1. The Morgan fingerprint density at radius 3 is 1.30 bits per heavy atom. The molecule has 230 valence electrons. The van der Waals surface area contributed by atoms with Crippen molar-refractivity contribution in [2.45, 2.75) is 18.9 Å². The molecule has 47 heavy (non-hydrogen) atoms. The average Bonchev–Trinajstić information content (AvgIpc) is 3.15. The molecule has 0 unspecified atom stereocenters. The molecule has 1 saturated heterocycles. The van der Waals surface area contributed by atoms with Gasteiger partial charge in [0, 0.05) is 54.3 Å². The fourth-order valence-electron chi connectivity index (χ4n) is 5.56. The van der Waals surface area contributed by atoms with Gasteiger partial charge in [0.15, 0.2) is 17.5 Å². The highest BCUT2D eigenvalue weighted by molar-refractivity contribution is 6.14. The first kappa shape index (κ1) is 29.7. The predicted octanol–water partition coefficient (Wildman–Crippen LogP) is 7.65. The maximum absolute atomic E-state index is 6.21. The number of ether oxygens (including phenoxy) is 1. The second-order valence-electron chi connectivity index (χ2n) is 11.2. The minimum Gasteiger partial charge on any atom is -0.473 e. The zero-order chi connectivity index (χ0) is 31.7. The second-order valence-corrected chi connectivity index (χ2v) is 11.2. The zero-order valence-corrected chi connectivity index (χ0v) is 25.8. The molecule has 4 aromatic carbocycles. The Balaban J connectivity index is 0.982. The number of rotatable bonds is 9. The Kier molecular flexibility index (Phi) is 9.08. The summed E-state index contributed by atoms with van der Waals surface area (Å²) in [5, 5.41) is 17.7. The van der Waals surface area contributed by atoms with Gasteiger partial charge in [0.1, 0.15) is 6.10 Å². The summed E-state index contributed by atoms with van der Waals surface area (Å²) >= 11 is 0. The third-order valence-electron chi connectivity index (χ3n) is 7.96. The summed E-state index contributed by atoms with van der Waals surface area (Å²) < 4.78 is 6.21. The predicted molar refractivity (Wildman–Crippen MR) is 186 cm³/mol. The molecule has 0 N–H and O–H groups in total. The Hall–Kier alpha value is -6.02.